The van der Waals surface area contributed by atoms with Crippen molar-refractivity contribution in [2.45, 2.75) is 19.8 Å². The van der Waals surface area contributed by atoms with Crippen LogP contribution < -0.4 is 0 Å². The maximum absolute atomic E-state index is 7.83. The Morgan fingerprint density at radius 2 is 2.25 bits per heavy atom. The summed E-state index contributed by atoms with van der Waals surface area (Å²) in [5.74, 6) is 0. The molecule has 0 saturated heterocycles. The summed E-state index contributed by atoms with van der Waals surface area (Å²) in [4.78, 5) is 3.84. The van der Waals surface area contributed by atoms with Gasteiger partial charge in [-0.1, -0.05) is 19.1 Å². The Labute approximate surface area is 49.7 Å². The minimum Gasteiger partial charge on any atom is -0.252 e. The van der Waals surface area contributed by atoms with Crippen LogP contribution in [0.15, 0.2) is 12.2 Å². The lowest BCUT2D eigenvalue weighted by Crippen LogP contribution is -1.83. The lowest BCUT2D eigenvalue weighted by molar-refractivity contribution is -0.240. The maximum Gasteiger partial charge on any atom is 0.0854 e. The molecule has 0 rings (SSSR count). The molecule has 0 atom stereocenters. The van der Waals surface area contributed by atoms with Crippen LogP contribution >= 0.6 is 0 Å². The van der Waals surface area contributed by atoms with Gasteiger partial charge in [-0.05, 0) is 12.8 Å². The number of allylic oxidation sites excluding steroid dienone is 1. The molecule has 0 heterocycles. The summed E-state index contributed by atoms with van der Waals surface area (Å²) in [6.45, 7) is 2.47. The van der Waals surface area contributed by atoms with Crippen LogP contribution in [0.5, 0.6) is 0 Å². The van der Waals surface area contributed by atoms with Gasteiger partial charge >= 0.3 is 0 Å². The highest BCUT2D eigenvalue weighted by molar-refractivity contribution is 4.79. The van der Waals surface area contributed by atoms with Crippen molar-refractivity contribution in [2.75, 3.05) is 6.61 Å². The zero-order valence-corrected chi connectivity index (χ0v) is 5.13. The maximum atomic E-state index is 7.83. The largest absolute Gasteiger partial charge is 0.252 e. The summed E-state index contributed by atoms with van der Waals surface area (Å²) in [6, 6.07) is 0. The second-order valence-electron chi connectivity index (χ2n) is 1.50. The molecule has 0 bridgehead atoms. The minimum atomic E-state index is 0.399. The SMILES string of the molecule is CC/C=C\CCOO. The van der Waals surface area contributed by atoms with E-state index < -0.39 is 0 Å². The standard InChI is InChI=1S/C6H12O2/c1-2-3-4-5-6-8-7/h3-4,7H,2,5-6H2,1H3/b4-3-. The van der Waals surface area contributed by atoms with Crippen molar-refractivity contribution in [1.29, 1.82) is 0 Å². The monoisotopic (exact) mass is 116 g/mol. The Kier molecular flexibility index (Phi) is 6.38. The van der Waals surface area contributed by atoms with Crippen molar-refractivity contribution in [3.05, 3.63) is 12.2 Å². The van der Waals surface area contributed by atoms with Gasteiger partial charge in [0.15, 0.2) is 0 Å². The molecule has 0 unspecified atom stereocenters. The summed E-state index contributed by atoms with van der Waals surface area (Å²) in [6.07, 6.45) is 5.87. The van der Waals surface area contributed by atoms with Gasteiger partial charge < -0.3 is 0 Å². The predicted octanol–water partition coefficient (Wildman–Crippen LogP) is 1.83. The van der Waals surface area contributed by atoms with Gasteiger partial charge in [-0.3, -0.25) is 5.26 Å². The predicted molar refractivity (Wildman–Crippen MR) is 32.6 cm³/mol. The summed E-state index contributed by atoms with van der Waals surface area (Å²) in [5.41, 5.74) is 0. The Morgan fingerprint density at radius 1 is 1.50 bits per heavy atom. The molecule has 0 spiro atoms. The Balaban J connectivity index is 2.80. The van der Waals surface area contributed by atoms with Gasteiger partial charge in [0.1, 0.15) is 0 Å². The van der Waals surface area contributed by atoms with Crippen molar-refractivity contribution < 1.29 is 10.1 Å². The van der Waals surface area contributed by atoms with E-state index in [0.717, 1.165) is 12.8 Å². The number of hydrogen-bond acceptors (Lipinski definition) is 2. The molecule has 0 saturated carbocycles. The van der Waals surface area contributed by atoms with E-state index in [0.29, 0.717) is 6.61 Å². The van der Waals surface area contributed by atoms with Gasteiger partial charge in [0.25, 0.3) is 0 Å². The third-order valence-corrected chi connectivity index (χ3v) is 0.778. The summed E-state index contributed by atoms with van der Waals surface area (Å²) in [5, 5.41) is 7.83. The average molecular weight is 116 g/mol. The van der Waals surface area contributed by atoms with E-state index in [1.54, 1.807) is 0 Å². The molecule has 0 aliphatic carbocycles. The highest BCUT2D eigenvalue weighted by Crippen LogP contribution is 1.84. The molecular formula is C6H12O2. The lowest BCUT2D eigenvalue weighted by Gasteiger charge is -1.86. The molecule has 0 fully saturated rings. The van der Waals surface area contributed by atoms with Gasteiger partial charge in [-0.2, -0.15) is 0 Å². The molecule has 0 aromatic rings. The van der Waals surface area contributed by atoms with E-state index in [2.05, 4.69) is 11.8 Å². The first-order valence-corrected chi connectivity index (χ1v) is 2.83. The molecule has 0 radical (unpaired) electrons. The third kappa shape index (κ3) is 5.66. The van der Waals surface area contributed by atoms with E-state index in [-0.39, 0.29) is 0 Å². The first kappa shape index (κ1) is 7.66. The van der Waals surface area contributed by atoms with Gasteiger partial charge in [0, 0.05) is 0 Å². The Bertz CT molecular complexity index is 59.5. The fourth-order valence-corrected chi connectivity index (χ4v) is 0.405. The molecule has 2 nitrogen and oxygen atoms in total. The molecule has 48 valence electrons. The highest BCUT2D eigenvalue weighted by Gasteiger charge is 1.75. The van der Waals surface area contributed by atoms with Crippen molar-refractivity contribution in [2.24, 2.45) is 0 Å². The molecule has 0 amide bonds. The van der Waals surface area contributed by atoms with Gasteiger partial charge in [0.2, 0.25) is 0 Å². The zero-order valence-electron chi connectivity index (χ0n) is 5.13. The number of hydrogen-bond donors (Lipinski definition) is 1. The van der Waals surface area contributed by atoms with Gasteiger partial charge in [-0.15, -0.1) is 0 Å². The summed E-state index contributed by atoms with van der Waals surface area (Å²) in [7, 11) is 0. The molecule has 8 heavy (non-hydrogen) atoms. The fraction of sp³-hybridized carbons (Fsp3) is 0.667. The normalized spacial score (nSPS) is 10.8. The second-order valence-corrected chi connectivity index (χ2v) is 1.50. The smallest absolute Gasteiger partial charge is 0.0854 e. The summed E-state index contributed by atoms with van der Waals surface area (Å²) < 4.78 is 0. The zero-order chi connectivity index (χ0) is 6.24. The van der Waals surface area contributed by atoms with E-state index in [9.17, 15) is 0 Å². The van der Waals surface area contributed by atoms with Gasteiger partial charge in [0.05, 0.1) is 6.61 Å². The van der Waals surface area contributed by atoms with E-state index in [4.69, 9.17) is 5.26 Å². The quantitative estimate of drug-likeness (QED) is 0.263. The van der Waals surface area contributed by atoms with Crippen LogP contribution in [0.2, 0.25) is 0 Å². The van der Waals surface area contributed by atoms with E-state index in [1.807, 2.05) is 12.2 Å². The van der Waals surface area contributed by atoms with Crippen LogP contribution in [0.1, 0.15) is 19.8 Å². The van der Waals surface area contributed by atoms with Crippen LogP contribution in [-0.4, -0.2) is 11.9 Å². The number of rotatable bonds is 4. The molecule has 0 aromatic heterocycles. The Hall–Kier alpha value is -0.340. The lowest BCUT2D eigenvalue weighted by atomic mass is 10.3. The van der Waals surface area contributed by atoms with Crippen molar-refractivity contribution in [1.82, 2.24) is 0 Å². The van der Waals surface area contributed by atoms with Crippen molar-refractivity contribution >= 4 is 0 Å². The fourth-order valence-electron chi connectivity index (χ4n) is 0.405. The first-order chi connectivity index (χ1) is 3.91. The van der Waals surface area contributed by atoms with Crippen molar-refractivity contribution in [3.63, 3.8) is 0 Å². The van der Waals surface area contributed by atoms with Crippen LogP contribution in [-0.2, 0) is 4.89 Å². The average Bonchev–Trinajstić information content (AvgIpc) is 1.81. The molecule has 0 aromatic carbocycles. The van der Waals surface area contributed by atoms with Crippen LogP contribution in [0.25, 0.3) is 0 Å². The van der Waals surface area contributed by atoms with E-state index >= 15 is 0 Å². The van der Waals surface area contributed by atoms with Crippen LogP contribution in [0, 0.1) is 0 Å². The minimum absolute atomic E-state index is 0.399. The second kappa shape index (κ2) is 6.66. The Morgan fingerprint density at radius 3 is 2.75 bits per heavy atom. The topological polar surface area (TPSA) is 29.5 Å². The summed E-state index contributed by atoms with van der Waals surface area (Å²) >= 11 is 0. The molecular weight excluding hydrogens is 104 g/mol. The van der Waals surface area contributed by atoms with Crippen LogP contribution in [0.4, 0.5) is 0 Å². The van der Waals surface area contributed by atoms with Crippen LogP contribution in [0.3, 0.4) is 0 Å². The molecule has 1 N–H and O–H groups in total. The third-order valence-electron chi connectivity index (χ3n) is 0.778. The highest BCUT2D eigenvalue weighted by atomic mass is 17.1. The molecule has 2 heteroatoms. The van der Waals surface area contributed by atoms with E-state index in [1.165, 1.54) is 0 Å². The van der Waals surface area contributed by atoms with Gasteiger partial charge in [-0.25, -0.2) is 4.89 Å². The molecule has 0 aliphatic heterocycles. The molecule has 0 aliphatic rings. The van der Waals surface area contributed by atoms with Crippen molar-refractivity contribution in [3.8, 4) is 0 Å². The first-order valence-electron chi connectivity index (χ1n) is 2.83.